The van der Waals surface area contributed by atoms with Gasteiger partial charge in [0, 0.05) is 22.7 Å². The highest BCUT2D eigenvalue weighted by Gasteiger charge is 2.12. The third kappa shape index (κ3) is 2.17. The van der Waals surface area contributed by atoms with Crippen LogP contribution < -0.4 is 0 Å². The molecule has 0 unspecified atom stereocenters. The van der Waals surface area contributed by atoms with E-state index in [-0.39, 0.29) is 0 Å². The van der Waals surface area contributed by atoms with Crippen LogP contribution in [-0.4, -0.2) is 9.97 Å². The third-order valence-corrected chi connectivity index (χ3v) is 3.27. The number of H-pyrrole nitrogens is 1. The lowest BCUT2D eigenvalue weighted by Gasteiger charge is -2.00. The number of hydrogen-bond donors (Lipinski definition) is 1. The summed E-state index contributed by atoms with van der Waals surface area (Å²) in [7, 11) is 0. The molecule has 0 saturated heterocycles. The Kier molecular flexibility index (Phi) is 2.92. The maximum atomic E-state index is 13.1. The second-order valence-corrected chi connectivity index (χ2v) is 4.84. The zero-order valence-electron chi connectivity index (χ0n) is 9.35. The summed E-state index contributed by atoms with van der Waals surface area (Å²) >= 11 is 11.9. The van der Waals surface area contributed by atoms with Crippen LogP contribution in [0.3, 0.4) is 0 Å². The van der Waals surface area contributed by atoms with Gasteiger partial charge < -0.3 is 4.98 Å². The van der Waals surface area contributed by atoms with Gasteiger partial charge in [0.15, 0.2) is 11.6 Å². The molecule has 3 aromatic rings. The van der Waals surface area contributed by atoms with Crippen LogP contribution in [0.2, 0.25) is 10.0 Å². The molecule has 0 saturated carbocycles. The van der Waals surface area contributed by atoms with Gasteiger partial charge in [-0.25, -0.2) is 13.8 Å². The van der Waals surface area contributed by atoms with Crippen molar-refractivity contribution in [2.45, 2.75) is 0 Å². The number of nitrogens with one attached hydrogen (secondary N) is 1. The lowest BCUT2D eigenvalue weighted by Crippen LogP contribution is -1.82. The number of benzene rings is 2. The summed E-state index contributed by atoms with van der Waals surface area (Å²) in [5, 5.41) is 0.946. The highest BCUT2D eigenvalue weighted by atomic mass is 35.5. The number of aromatic amines is 1. The van der Waals surface area contributed by atoms with E-state index in [0.29, 0.717) is 32.5 Å². The van der Waals surface area contributed by atoms with E-state index in [1.54, 1.807) is 18.2 Å². The molecule has 0 bridgehead atoms. The Bertz CT molecular complexity index is 745. The van der Waals surface area contributed by atoms with E-state index in [2.05, 4.69) is 9.97 Å². The summed E-state index contributed by atoms with van der Waals surface area (Å²) in [6.07, 6.45) is 0. The summed E-state index contributed by atoms with van der Waals surface area (Å²) in [6.45, 7) is 0. The maximum Gasteiger partial charge on any atom is 0.161 e. The molecule has 0 spiro atoms. The number of rotatable bonds is 1. The first-order valence-corrected chi connectivity index (χ1v) is 6.10. The molecule has 1 heterocycles. The first-order valence-electron chi connectivity index (χ1n) is 5.35. The second-order valence-electron chi connectivity index (χ2n) is 3.99. The van der Waals surface area contributed by atoms with Gasteiger partial charge in [-0.05, 0) is 18.2 Å². The molecule has 96 valence electrons. The van der Waals surface area contributed by atoms with Crippen molar-refractivity contribution in [3.63, 3.8) is 0 Å². The molecule has 6 heteroatoms. The van der Waals surface area contributed by atoms with Gasteiger partial charge in [0.1, 0.15) is 5.82 Å². The Morgan fingerprint density at radius 2 is 1.74 bits per heavy atom. The number of hydrogen-bond acceptors (Lipinski definition) is 1. The van der Waals surface area contributed by atoms with E-state index in [0.717, 1.165) is 12.1 Å². The molecule has 0 aliphatic heterocycles. The molecule has 0 fully saturated rings. The van der Waals surface area contributed by atoms with Crippen molar-refractivity contribution >= 4 is 34.2 Å². The van der Waals surface area contributed by atoms with E-state index in [1.165, 1.54) is 0 Å². The first kappa shape index (κ1) is 12.4. The van der Waals surface area contributed by atoms with Crippen molar-refractivity contribution in [2.75, 3.05) is 0 Å². The molecule has 1 aromatic heterocycles. The third-order valence-electron chi connectivity index (χ3n) is 2.71. The molecular formula is C13H6Cl2F2N2. The van der Waals surface area contributed by atoms with Crippen molar-refractivity contribution in [2.24, 2.45) is 0 Å². The standard InChI is InChI=1S/C13H6Cl2F2N2/c14-6-1-2-8(15)7(3-6)13-18-11-4-9(16)10(17)5-12(11)19-13/h1-5H,(H,18,19). The van der Waals surface area contributed by atoms with Crippen molar-refractivity contribution in [1.82, 2.24) is 9.97 Å². The minimum Gasteiger partial charge on any atom is -0.338 e. The van der Waals surface area contributed by atoms with Crippen LogP contribution in [0.1, 0.15) is 0 Å². The number of aromatic nitrogens is 2. The van der Waals surface area contributed by atoms with Crippen molar-refractivity contribution < 1.29 is 8.78 Å². The quantitative estimate of drug-likeness (QED) is 0.686. The summed E-state index contributed by atoms with van der Waals surface area (Å²) < 4.78 is 26.3. The summed E-state index contributed by atoms with van der Waals surface area (Å²) in [6, 6.07) is 7.00. The molecule has 0 radical (unpaired) electrons. The Morgan fingerprint density at radius 3 is 2.53 bits per heavy atom. The monoisotopic (exact) mass is 298 g/mol. The molecule has 0 aliphatic rings. The zero-order chi connectivity index (χ0) is 13.6. The molecule has 3 rings (SSSR count). The van der Waals surface area contributed by atoms with Crippen molar-refractivity contribution in [3.8, 4) is 11.4 Å². The van der Waals surface area contributed by atoms with Crippen LogP contribution in [0.5, 0.6) is 0 Å². The van der Waals surface area contributed by atoms with Crippen LogP contribution in [0.25, 0.3) is 22.4 Å². The fraction of sp³-hybridized carbons (Fsp3) is 0. The van der Waals surface area contributed by atoms with Gasteiger partial charge in [-0.1, -0.05) is 23.2 Å². The van der Waals surface area contributed by atoms with E-state index in [9.17, 15) is 8.78 Å². The Balaban J connectivity index is 2.23. The van der Waals surface area contributed by atoms with E-state index in [4.69, 9.17) is 23.2 Å². The normalized spacial score (nSPS) is 11.2. The highest BCUT2D eigenvalue weighted by molar-refractivity contribution is 6.35. The lowest BCUT2D eigenvalue weighted by atomic mass is 10.2. The molecule has 19 heavy (non-hydrogen) atoms. The molecule has 0 aliphatic carbocycles. The summed E-state index contributed by atoms with van der Waals surface area (Å²) in [5.74, 6) is -1.46. The predicted octanol–water partition coefficient (Wildman–Crippen LogP) is 4.81. The van der Waals surface area contributed by atoms with Crippen LogP contribution in [0.15, 0.2) is 30.3 Å². The number of halogens is 4. The zero-order valence-corrected chi connectivity index (χ0v) is 10.9. The molecule has 2 aromatic carbocycles. The Morgan fingerprint density at radius 1 is 1.00 bits per heavy atom. The average Bonchev–Trinajstić information content (AvgIpc) is 2.75. The fourth-order valence-electron chi connectivity index (χ4n) is 1.81. The molecule has 0 amide bonds. The number of fused-ring (bicyclic) bond motifs is 1. The van der Waals surface area contributed by atoms with Crippen LogP contribution in [0, 0.1) is 11.6 Å². The number of imidazole rings is 1. The molecular weight excluding hydrogens is 293 g/mol. The van der Waals surface area contributed by atoms with Gasteiger partial charge in [-0.3, -0.25) is 0 Å². The topological polar surface area (TPSA) is 28.7 Å². The van der Waals surface area contributed by atoms with Gasteiger partial charge in [-0.15, -0.1) is 0 Å². The van der Waals surface area contributed by atoms with Crippen molar-refractivity contribution in [3.05, 3.63) is 52.0 Å². The highest BCUT2D eigenvalue weighted by Crippen LogP contribution is 2.30. The average molecular weight is 299 g/mol. The Hall–Kier alpha value is -1.65. The van der Waals surface area contributed by atoms with Crippen LogP contribution in [0.4, 0.5) is 8.78 Å². The fourth-order valence-corrected chi connectivity index (χ4v) is 2.19. The Labute approximate surface area is 117 Å². The van der Waals surface area contributed by atoms with Gasteiger partial charge >= 0.3 is 0 Å². The van der Waals surface area contributed by atoms with Crippen LogP contribution in [-0.2, 0) is 0 Å². The maximum absolute atomic E-state index is 13.1. The van der Waals surface area contributed by atoms with Crippen molar-refractivity contribution in [1.29, 1.82) is 0 Å². The van der Waals surface area contributed by atoms with E-state index >= 15 is 0 Å². The molecule has 1 N–H and O–H groups in total. The minimum absolute atomic E-state index is 0.324. The van der Waals surface area contributed by atoms with Gasteiger partial charge in [0.05, 0.1) is 16.1 Å². The summed E-state index contributed by atoms with van der Waals surface area (Å²) in [5.41, 5.74) is 1.29. The van der Waals surface area contributed by atoms with E-state index in [1.807, 2.05) is 0 Å². The largest absolute Gasteiger partial charge is 0.338 e. The molecule has 2 nitrogen and oxygen atoms in total. The molecule has 0 atom stereocenters. The first-order chi connectivity index (χ1) is 9.04. The second kappa shape index (κ2) is 4.47. The number of nitrogens with zero attached hydrogens (tertiary/aromatic N) is 1. The van der Waals surface area contributed by atoms with Gasteiger partial charge in [0.2, 0.25) is 0 Å². The minimum atomic E-state index is -0.942. The SMILES string of the molecule is Fc1cc2nc(-c3cc(Cl)ccc3Cl)[nH]c2cc1F. The smallest absolute Gasteiger partial charge is 0.161 e. The lowest BCUT2D eigenvalue weighted by molar-refractivity contribution is 0.510. The van der Waals surface area contributed by atoms with Crippen LogP contribution >= 0.6 is 23.2 Å². The van der Waals surface area contributed by atoms with Gasteiger partial charge in [-0.2, -0.15) is 0 Å². The summed E-state index contributed by atoms with van der Waals surface area (Å²) in [4.78, 5) is 7.07. The van der Waals surface area contributed by atoms with E-state index < -0.39 is 11.6 Å². The van der Waals surface area contributed by atoms with Gasteiger partial charge in [0.25, 0.3) is 0 Å². The predicted molar refractivity (Wildman–Crippen MR) is 71.5 cm³/mol.